The van der Waals surface area contributed by atoms with E-state index >= 15 is 0 Å². The molecule has 2 aromatic heterocycles. The molecule has 12 heteroatoms. The van der Waals surface area contributed by atoms with Crippen LogP contribution in [0.4, 0.5) is 5.82 Å². The summed E-state index contributed by atoms with van der Waals surface area (Å²) in [5.41, 5.74) is 10.2. The molecule has 0 radical (unpaired) electrons. The predicted molar refractivity (Wildman–Crippen MR) is 112 cm³/mol. The van der Waals surface area contributed by atoms with Gasteiger partial charge in [-0.25, -0.2) is 14.8 Å². The fourth-order valence-electron chi connectivity index (χ4n) is 2.82. The zero-order valence-electron chi connectivity index (χ0n) is 16.7. The number of carbonyl (C=O) groups excluding carboxylic acids is 2. The monoisotopic (exact) mass is 432 g/mol. The van der Waals surface area contributed by atoms with Crippen molar-refractivity contribution in [2.24, 2.45) is 5.10 Å². The van der Waals surface area contributed by atoms with Gasteiger partial charge in [-0.05, 0) is 28.0 Å². The summed E-state index contributed by atoms with van der Waals surface area (Å²) in [6.07, 6.45) is 1.42. The quantitative estimate of drug-likeness (QED) is 0.261. The normalized spacial score (nSPS) is 10.9. The van der Waals surface area contributed by atoms with Crippen LogP contribution < -0.4 is 11.2 Å². The second kappa shape index (κ2) is 8.87. The van der Waals surface area contributed by atoms with Crippen LogP contribution in [0.5, 0.6) is 0 Å². The second-order valence-electron chi connectivity index (χ2n) is 6.35. The van der Waals surface area contributed by atoms with Crippen LogP contribution in [0, 0.1) is 0 Å². The number of aromatic nitrogens is 5. The number of nitrogens with one attached hydrogen (secondary N) is 1. The maximum absolute atomic E-state index is 12.8. The maximum atomic E-state index is 12.8. The highest BCUT2D eigenvalue weighted by molar-refractivity contribution is 5.99. The average Bonchev–Trinajstić information content (AvgIpc) is 3.45. The molecule has 0 fully saturated rings. The molecule has 0 spiro atoms. The van der Waals surface area contributed by atoms with Gasteiger partial charge in [0.15, 0.2) is 5.69 Å². The first-order valence-electron chi connectivity index (χ1n) is 9.20. The largest absolute Gasteiger partial charge is 0.465 e. The number of nitrogen functional groups attached to an aromatic ring is 1. The lowest BCUT2D eigenvalue weighted by Gasteiger charge is -2.05. The lowest BCUT2D eigenvalue weighted by molar-refractivity contribution is 0.0600. The summed E-state index contributed by atoms with van der Waals surface area (Å²) >= 11 is 0. The lowest BCUT2D eigenvalue weighted by Crippen LogP contribution is -2.19. The Hall–Kier alpha value is -4.87. The third kappa shape index (κ3) is 4.05. The van der Waals surface area contributed by atoms with Crippen molar-refractivity contribution in [3.63, 3.8) is 0 Å². The van der Waals surface area contributed by atoms with E-state index in [1.54, 1.807) is 48.5 Å². The van der Waals surface area contributed by atoms with Crippen molar-refractivity contribution in [1.82, 2.24) is 30.7 Å². The molecule has 3 N–H and O–H groups in total. The van der Waals surface area contributed by atoms with E-state index in [1.807, 2.05) is 6.07 Å². The molecule has 0 unspecified atom stereocenters. The third-order valence-corrected chi connectivity index (χ3v) is 4.34. The number of hydrogen-bond acceptors (Lipinski definition) is 10. The van der Waals surface area contributed by atoms with Crippen LogP contribution in [0.25, 0.3) is 17.1 Å². The molecule has 0 aliphatic heterocycles. The summed E-state index contributed by atoms with van der Waals surface area (Å²) < 4.78 is 10.6. The van der Waals surface area contributed by atoms with Crippen molar-refractivity contribution in [1.29, 1.82) is 0 Å². The van der Waals surface area contributed by atoms with Crippen LogP contribution in [-0.4, -0.2) is 50.5 Å². The van der Waals surface area contributed by atoms with Crippen LogP contribution in [0.15, 0.2) is 64.3 Å². The molecule has 4 rings (SSSR count). The Morgan fingerprint density at radius 1 is 1.12 bits per heavy atom. The Morgan fingerprint density at radius 2 is 1.88 bits per heavy atom. The minimum atomic E-state index is -0.604. The molecule has 12 nitrogen and oxygen atoms in total. The number of carbonyl (C=O) groups is 2. The van der Waals surface area contributed by atoms with Crippen LogP contribution in [-0.2, 0) is 4.74 Å². The standard InChI is InChI=1S/C20H16N8O4/c1-31-20(30)14-9-7-12(8-10-14)11-22-24-19(29)15-16(13-5-3-2-4-6-13)28(27-23-15)18-17(21)25-32-26-18/h2-11H,1H3,(H2,21,25)(H,24,29). The second-order valence-corrected chi connectivity index (χ2v) is 6.35. The topological polar surface area (TPSA) is 163 Å². The molecule has 160 valence electrons. The summed E-state index contributed by atoms with van der Waals surface area (Å²) in [5, 5.41) is 19.2. The molecular formula is C20H16N8O4. The van der Waals surface area contributed by atoms with E-state index < -0.39 is 11.9 Å². The first-order valence-corrected chi connectivity index (χ1v) is 9.20. The molecule has 0 aliphatic carbocycles. The summed E-state index contributed by atoms with van der Waals surface area (Å²) in [5.74, 6) is -0.953. The van der Waals surface area contributed by atoms with Crippen LogP contribution in [0.1, 0.15) is 26.4 Å². The smallest absolute Gasteiger partial charge is 0.337 e. The van der Waals surface area contributed by atoms with Gasteiger partial charge < -0.3 is 10.5 Å². The fourth-order valence-corrected chi connectivity index (χ4v) is 2.82. The predicted octanol–water partition coefficient (Wildman–Crippen LogP) is 1.45. The van der Waals surface area contributed by atoms with Gasteiger partial charge in [0.05, 0.1) is 18.9 Å². The number of rotatable bonds is 6. The first-order chi connectivity index (χ1) is 15.6. The van der Waals surface area contributed by atoms with E-state index in [0.29, 0.717) is 22.4 Å². The van der Waals surface area contributed by atoms with Crippen molar-refractivity contribution in [3.05, 3.63) is 71.4 Å². The van der Waals surface area contributed by atoms with E-state index in [2.05, 4.69) is 40.5 Å². The summed E-state index contributed by atoms with van der Waals surface area (Å²) in [6.45, 7) is 0. The molecule has 32 heavy (non-hydrogen) atoms. The average molecular weight is 432 g/mol. The van der Waals surface area contributed by atoms with Crippen molar-refractivity contribution in [2.45, 2.75) is 0 Å². The van der Waals surface area contributed by atoms with E-state index in [-0.39, 0.29) is 17.3 Å². The number of methoxy groups -OCH3 is 1. The molecule has 0 atom stereocenters. The number of hydrogen-bond donors (Lipinski definition) is 2. The molecule has 1 amide bonds. The van der Waals surface area contributed by atoms with Gasteiger partial charge in [-0.15, -0.1) is 5.10 Å². The Bertz CT molecular complexity index is 1280. The van der Waals surface area contributed by atoms with E-state index in [0.717, 1.165) is 0 Å². The van der Waals surface area contributed by atoms with Gasteiger partial charge in [-0.1, -0.05) is 47.7 Å². The Labute approximate surface area is 180 Å². The van der Waals surface area contributed by atoms with Gasteiger partial charge in [0.25, 0.3) is 5.91 Å². The lowest BCUT2D eigenvalue weighted by atomic mass is 10.1. The minimum absolute atomic E-state index is 0.00297. The highest BCUT2D eigenvalue weighted by Crippen LogP contribution is 2.26. The number of nitrogens with zero attached hydrogens (tertiary/aromatic N) is 6. The van der Waals surface area contributed by atoms with E-state index in [4.69, 9.17) is 5.73 Å². The third-order valence-electron chi connectivity index (χ3n) is 4.34. The molecule has 0 saturated heterocycles. The van der Waals surface area contributed by atoms with Gasteiger partial charge in [0, 0.05) is 5.56 Å². The molecule has 2 heterocycles. The van der Waals surface area contributed by atoms with Gasteiger partial charge in [-0.2, -0.15) is 9.78 Å². The van der Waals surface area contributed by atoms with Gasteiger partial charge in [0.1, 0.15) is 5.69 Å². The van der Waals surface area contributed by atoms with Gasteiger partial charge in [-0.3, -0.25) is 4.79 Å². The number of amides is 1. The summed E-state index contributed by atoms with van der Waals surface area (Å²) in [7, 11) is 1.31. The Balaban J connectivity index is 1.59. The molecule has 0 bridgehead atoms. The summed E-state index contributed by atoms with van der Waals surface area (Å²) in [4.78, 5) is 24.3. The van der Waals surface area contributed by atoms with Crippen molar-refractivity contribution >= 4 is 23.9 Å². The van der Waals surface area contributed by atoms with Crippen molar-refractivity contribution < 1.29 is 19.0 Å². The van der Waals surface area contributed by atoms with Gasteiger partial charge >= 0.3 is 5.97 Å². The summed E-state index contributed by atoms with van der Waals surface area (Å²) in [6, 6.07) is 15.5. The first kappa shape index (κ1) is 20.4. The molecule has 0 aliphatic rings. The van der Waals surface area contributed by atoms with E-state index in [9.17, 15) is 9.59 Å². The van der Waals surface area contributed by atoms with Crippen LogP contribution >= 0.6 is 0 Å². The minimum Gasteiger partial charge on any atom is -0.465 e. The van der Waals surface area contributed by atoms with Crippen molar-refractivity contribution in [2.75, 3.05) is 12.8 Å². The van der Waals surface area contributed by atoms with E-state index in [1.165, 1.54) is 18.0 Å². The zero-order valence-corrected chi connectivity index (χ0v) is 16.7. The Kier molecular flexibility index (Phi) is 5.66. The van der Waals surface area contributed by atoms with Gasteiger partial charge in [0.2, 0.25) is 11.6 Å². The highest BCUT2D eigenvalue weighted by atomic mass is 16.6. The SMILES string of the molecule is COC(=O)c1ccc(C=NNC(=O)c2nnn(-c3nonc3N)c2-c2ccccc2)cc1. The maximum Gasteiger partial charge on any atom is 0.337 e. The highest BCUT2D eigenvalue weighted by Gasteiger charge is 2.24. The van der Waals surface area contributed by atoms with Crippen LogP contribution in [0.2, 0.25) is 0 Å². The zero-order chi connectivity index (χ0) is 22.5. The number of hydrazone groups is 1. The number of benzene rings is 2. The van der Waals surface area contributed by atoms with Crippen molar-refractivity contribution in [3.8, 4) is 17.1 Å². The number of anilines is 1. The molecule has 2 aromatic carbocycles. The molecular weight excluding hydrogens is 416 g/mol. The molecule has 0 saturated carbocycles. The molecule has 4 aromatic rings. The number of nitrogens with two attached hydrogens (primary N) is 1. The number of esters is 1. The van der Waals surface area contributed by atoms with Crippen LogP contribution in [0.3, 0.4) is 0 Å². The fraction of sp³-hybridized carbons (Fsp3) is 0.0500. The Morgan fingerprint density at radius 3 is 2.53 bits per heavy atom. The number of ether oxygens (including phenoxy) is 1.